The second kappa shape index (κ2) is 9.93. The zero-order chi connectivity index (χ0) is 18.1. The lowest BCUT2D eigenvalue weighted by Gasteiger charge is -2.27. The summed E-state index contributed by atoms with van der Waals surface area (Å²) in [5.41, 5.74) is -0.640. The van der Waals surface area contributed by atoms with Crippen LogP contribution in [0.25, 0.3) is 0 Å². The molecular formula is C15H26N2O4S2. The molecule has 23 heavy (non-hydrogen) atoms. The second-order valence-corrected chi connectivity index (χ2v) is 9.98. The molecule has 0 aromatic carbocycles. The number of carbonyl (C=O) groups is 2. The number of nitrogens with zero attached hydrogens (tertiary/aromatic N) is 2. The topological polar surface area (TPSA) is 79.6 Å². The van der Waals surface area contributed by atoms with E-state index in [4.69, 9.17) is 14.7 Å². The van der Waals surface area contributed by atoms with Crippen molar-refractivity contribution in [1.29, 1.82) is 5.26 Å². The number of ether oxygens (including phenoxy) is 2. The van der Waals surface area contributed by atoms with Crippen molar-refractivity contribution < 1.29 is 19.1 Å². The molecule has 132 valence electrons. The van der Waals surface area contributed by atoms with Crippen molar-refractivity contribution >= 4 is 33.7 Å². The van der Waals surface area contributed by atoms with E-state index in [1.807, 2.05) is 0 Å². The molecule has 0 aliphatic carbocycles. The van der Waals surface area contributed by atoms with Crippen molar-refractivity contribution in [3.63, 3.8) is 0 Å². The fraction of sp³-hybridized carbons (Fsp3) is 0.800. The molecule has 0 heterocycles. The number of hydrogen-bond acceptors (Lipinski definition) is 7. The predicted molar refractivity (Wildman–Crippen MR) is 94.2 cm³/mol. The Morgan fingerprint density at radius 2 is 1.78 bits per heavy atom. The number of nitriles is 1. The van der Waals surface area contributed by atoms with E-state index in [2.05, 4.69) is 20.8 Å². The molecule has 0 aromatic heterocycles. The van der Waals surface area contributed by atoms with E-state index in [0.717, 1.165) is 0 Å². The van der Waals surface area contributed by atoms with Crippen molar-refractivity contribution in [2.45, 2.75) is 51.9 Å². The standard InChI is InChI=1S/C15H26N2O4S2/c1-14(2,3)21-13(19)17(11-12(18)20-9-7-16)8-10-22-23-15(4,5)6/h8-11H2,1-6H3. The molecule has 0 spiro atoms. The van der Waals surface area contributed by atoms with Crippen LogP contribution in [-0.2, 0) is 14.3 Å². The quantitative estimate of drug-likeness (QED) is 0.390. The Kier molecular flexibility index (Phi) is 9.47. The summed E-state index contributed by atoms with van der Waals surface area (Å²) in [5, 5.41) is 8.42. The molecule has 8 heteroatoms. The summed E-state index contributed by atoms with van der Waals surface area (Å²) >= 11 is 0. The minimum Gasteiger partial charge on any atom is -0.449 e. The van der Waals surface area contributed by atoms with E-state index in [9.17, 15) is 9.59 Å². The fourth-order valence-corrected chi connectivity index (χ4v) is 3.51. The maximum Gasteiger partial charge on any atom is 0.410 e. The van der Waals surface area contributed by atoms with Crippen molar-refractivity contribution in [3.05, 3.63) is 0 Å². The van der Waals surface area contributed by atoms with E-state index < -0.39 is 17.7 Å². The molecule has 0 atom stereocenters. The largest absolute Gasteiger partial charge is 0.449 e. The van der Waals surface area contributed by atoms with Gasteiger partial charge in [-0.3, -0.25) is 9.69 Å². The Bertz CT molecular complexity index is 436. The highest BCUT2D eigenvalue weighted by Crippen LogP contribution is 2.34. The first-order valence-corrected chi connectivity index (χ1v) is 9.57. The number of carbonyl (C=O) groups excluding carboxylic acids is 2. The smallest absolute Gasteiger partial charge is 0.410 e. The van der Waals surface area contributed by atoms with Gasteiger partial charge >= 0.3 is 12.1 Å². The highest BCUT2D eigenvalue weighted by molar-refractivity contribution is 8.77. The van der Waals surface area contributed by atoms with Gasteiger partial charge in [0.2, 0.25) is 0 Å². The van der Waals surface area contributed by atoms with Crippen LogP contribution in [0.3, 0.4) is 0 Å². The first kappa shape index (κ1) is 21.9. The summed E-state index contributed by atoms with van der Waals surface area (Å²) in [7, 11) is 3.34. The van der Waals surface area contributed by atoms with Crippen molar-refractivity contribution in [2.24, 2.45) is 0 Å². The van der Waals surface area contributed by atoms with Gasteiger partial charge in [0.15, 0.2) is 6.61 Å². The molecule has 0 aliphatic rings. The van der Waals surface area contributed by atoms with Crippen molar-refractivity contribution in [1.82, 2.24) is 4.90 Å². The molecule has 0 fully saturated rings. The molecule has 0 unspecified atom stereocenters. The lowest BCUT2D eigenvalue weighted by Crippen LogP contribution is -2.41. The summed E-state index contributed by atoms with van der Waals surface area (Å²) in [4.78, 5) is 25.1. The molecule has 1 amide bonds. The number of rotatable bonds is 7. The number of hydrogen-bond donors (Lipinski definition) is 0. The SMILES string of the molecule is CC(C)(C)OC(=O)N(CCSSC(C)(C)C)CC(=O)OCC#N. The average molecular weight is 363 g/mol. The van der Waals surface area contributed by atoms with Crippen LogP contribution in [0.1, 0.15) is 41.5 Å². The van der Waals surface area contributed by atoms with E-state index >= 15 is 0 Å². The van der Waals surface area contributed by atoms with Gasteiger partial charge in [0.05, 0.1) is 0 Å². The Morgan fingerprint density at radius 3 is 2.26 bits per heavy atom. The van der Waals surface area contributed by atoms with E-state index in [-0.39, 0.29) is 17.9 Å². The highest BCUT2D eigenvalue weighted by Gasteiger charge is 2.24. The van der Waals surface area contributed by atoms with Crippen molar-refractivity contribution in [3.8, 4) is 6.07 Å². The van der Waals surface area contributed by atoms with Crippen LogP contribution in [-0.4, -0.2) is 52.8 Å². The molecule has 0 saturated carbocycles. The van der Waals surface area contributed by atoms with Gasteiger partial charge in [-0.15, -0.1) is 0 Å². The van der Waals surface area contributed by atoms with Crippen LogP contribution in [0.15, 0.2) is 0 Å². The third-order valence-electron chi connectivity index (χ3n) is 2.02. The molecule has 0 rings (SSSR count). The van der Waals surface area contributed by atoms with Crippen molar-refractivity contribution in [2.75, 3.05) is 25.4 Å². The van der Waals surface area contributed by atoms with E-state index in [1.54, 1.807) is 48.4 Å². The van der Waals surface area contributed by atoms with Gasteiger partial charge in [-0.25, -0.2) is 4.79 Å². The van der Waals surface area contributed by atoms with Crippen LogP contribution in [0.2, 0.25) is 0 Å². The Balaban J connectivity index is 4.58. The zero-order valence-electron chi connectivity index (χ0n) is 14.7. The maximum absolute atomic E-state index is 12.2. The minimum atomic E-state index is -0.640. The molecule has 0 aliphatic heterocycles. The first-order valence-electron chi connectivity index (χ1n) is 7.26. The molecule has 0 bridgehead atoms. The maximum atomic E-state index is 12.2. The predicted octanol–water partition coefficient (Wildman–Crippen LogP) is 3.47. The lowest BCUT2D eigenvalue weighted by atomic mass is 10.2. The summed E-state index contributed by atoms with van der Waals surface area (Å²) in [6, 6.07) is 1.72. The summed E-state index contributed by atoms with van der Waals surface area (Å²) < 4.78 is 10.1. The third-order valence-corrected chi connectivity index (χ3v) is 5.34. The molecule has 0 N–H and O–H groups in total. The van der Waals surface area contributed by atoms with Gasteiger partial charge in [-0.05, 0) is 20.8 Å². The van der Waals surface area contributed by atoms with Gasteiger partial charge in [-0.2, -0.15) is 5.26 Å². The van der Waals surface area contributed by atoms with Gasteiger partial charge < -0.3 is 9.47 Å². The summed E-state index contributed by atoms with van der Waals surface area (Å²) in [5.74, 6) is 0.0399. The highest BCUT2D eigenvalue weighted by atomic mass is 33.1. The van der Waals surface area contributed by atoms with E-state index in [1.165, 1.54) is 4.90 Å². The van der Waals surface area contributed by atoms with Crippen LogP contribution in [0.5, 0.6) is 0 Å². The van der Waals surface area contributed by atoms with Gasteiger partial charge in [0, 0.05) is 17.0 Å². The van der Waals surface area contributed by atoms with Gasteiger partial charge in [0.25, 0.3) is 0 Å². The van der Waals surface area contributed by atoms with Crippen LogP contribution < -0.4 is 0 Å². The molecular weight excluding hydrogens is 336 g/mol. The Hall–Kier alpha value is -1.07. The first-order chi connectivity index (χ1) is 10.4. The zero-order valence-corrected chi connectivity index (χ0v) is 16.3. The second-order valence-electron chi connectivity index (χ2n) is 6.74. The lowest BCUT2D eigenvalue weighted by molar-refractivity contribution is -0.143. The van der Waals surface area contributed by atoms with E-state index in [0.29, 0.717) is 12.3 Å². The van der Waals surface area contributed by atoms with Gasteiger partial charge in [-0.1, -0.05) is 42.4 Å². The number of amides is 1. The van der Waals surface area contributed by atoms with Crippen LogP contribution in [0, 0.1) is 11.3 Å². The summed E-state index contributed by atoms with van der Waals surface area (Å²) in [6.07, 6.45) is -0.562. The van der Waals surface area contributed by atoms with Crippen LogP contribution in [0.4, 0.5) is 4.79 Å². The molecule has 6 nitrogen and oxygen atoms in total. The minimum absolute atomic E-state index is 0.118. The number of esters is 1. The molecule has 0 radical (unpaired) electrons. The monoisotopic (exact) mass is 362 g/mol. The fourth-order valence-electron chi connectivity index (χ4n) is 1.24. The normalized spacial score (nSPS) is 11.5. The Labute approximate surface area is 146 Å². The average Bonchev–Trinajstić information content (AvgIpc) is 2.36. The Morgan fingerprint density at radius 1 is 1.17 bits per heavy atom. The van der Waals surface area contributed by atoms with Gasteiger partial charge in [0.1, 0.15) is 18.2 Å². The van der Waals surface area contributed by atoms with Crippen LogP contribution >= 0.6 is 21.6 Å². The molecule has 0 aromatic rings. The third kappa shape index (κ3) is 13.1. The summed E-state index contributed by atoms with van der Waals surface area (Å²) in [6.45, 7) is 11.4. The molecule has 0 saturated heterocycles.